The third kappa shape index (κ3) is 5.04. The van der Waals surface area contributed by atoms with Gasteiger partial charge in [0.1, 0.15) is 12.2 Å². The van der Waals surface area contributed by atoms with Crippen LogP contribution in [-0.2, 0) is 13.0 Å². The second kappa shape index (κ2) is 9.39. The van der Waals surface area contributed by atoms with Gasteiger partial charge >= 0.3 is 0 Å². The lowest BCUT2D eigenvalue weighted by Gasteiger charge is -2.24. The molecule has 0 aromatic carbocycles. The number of aromatic nitrogens is 3. The molecule has 2 heterocycles. The van der Waals surface area contributed by atoms with E-state index in [4.69, 9.17) is 0 Å². The standard InChI is InChI=1S/C16H27N7S/c1-5-15-21-20-12-23(15)9-8-18-16(17-2)19-11-13(22(3)4)14-7-6-10-24-14/h6-7,10,12-13H,5,8-9,11H2,1-4H3,(H2,17,18,19). The second-order valence-corrected chi connectivity index (χ2v) is 6.65. The highest BCUT2D eigenvalue weighted by atomic mass is 32.1. The first-order valence-electron chi connectivity index (χ1n) is 8.16. The van der Waals surface area contributed by atoms with Gasteiger partial charge in [-0.15, -0.1) is 21.5 Å². The van der Waals surface area contributed by atoms with Gasteiger partial charge in [0.25, 0.3) is 0 Å². The number of nitrogens with zero attached hydrogens (tertiary/aromatic N) is 5. The number of rotatable bonds is 8. The first-order chi connectivity index (χ1) is 11.7. The highest BCUT2D eigenvalue weighted by molar-refractivity contribution is 7.10. The summed E-state index contributed by atoms with van der Waals surface area (Å²) < 4.78 is 2.06. The van der Waals surface area contributed by atoms with Crippen LogP contribution in [0.15, 0.2) is 28.8 Å². The lowest BCUT2D eigenvalue weighted by molar-refractivity contribution is 0.302. The molecule has 7 nitrogen and oxygen atoms in total. The van der Waals surface area contributed by atoms with Gasteiger partial charge in [0, 0.05) is 38.0 Å². The smallest absolute Gasteiger partial charge is 0.191 e. The van der Waals surface area contributed by atoms with Crippen LogP contribution in [0.5, 0.6) is 0 Å². The summed E-state index contributed by atoms with van der Waals surface area (Å²) in [5.41, 5.74) is 0. The van der Waals surface area contributed by atoms with Crippen molar-refractivity contribution < 1.29 is 0 Å². The fraction of sp³-hybridized carbons (Fsp3) is 0.562. The van der Waals surface area contributed by atoms with Crippen molar-refractivity contribution in [2.45, 2.75) is 25.9 Å². The van der Waals surface area contributed by atoms with Gasteiger partial charge < -0.3 is 20.1 Å². The topological polar surface area (TPSA) is 70.4 Å². The molecule has 8 heteroatoms. The molecule has 1 atom stereocenters. The van der Waals surface area contributed by atoms with Crippen molar-refractivity contribution in [2.75, 3.05) is 34.2 Å². The van der Waals surface area contributed by atoms with E-state index in [1.54, 1.807) is 24.7 Å². The van der Waals surface area contributed by atoms with Crippen LogP contribution in [0.2, 0.25) is 0 Å². The molecule has 0 aliphatic heterocycles. The average molecular weight is 350 g/mol. The lowest BCUT2D eigenvalue weighted by atomic mass is 10.2. The summed E-state index contributed by atoms with van der Waals surface area (Å²) in [6, 6.07) is 4.59. The Morgan fingerprint density at radius 3 is 2.88 bits per heavy atom. The van der Waals surface area contributed by atoms with Crippen LogP contribution >= 0.6 is 11.3 Å². The minimum absolute atomic E-state index is 0.327. The molecule has 0 amide bonds. The van der Waals surface area contributed by atoms with Crippen LogP contribution < -0.4 is 10.6 Å². The molecule has 132 valence electrons. The highest BCUT2D eigenvalue weighted by Crippen LogP contribution is 2.22. The Bertz CT molecular complexity index is 618. The molecule has 2 rings (SSSR count). The third-order valence-electron chi connectivity index (χ3n) is 3.84. The maximum Gasteiger partial charge on any atom is 0.191 e. The zero-order valence-electron chi connectivity index (χ0n) is 14.9. The molecule has 0 bridgehead atoms. The lowest BCUT2D eigenvalue weighted by Crippen LogP contribution is -2.42. The maximum atomic E-state index is 4.30. The molecule has 0 aliphatic rings. The molecule has 0 radical (unpaired) electrons. The maximum absolute atomic E-state index is 4.30. The summed E-state index contributed by atoms with van der Waals surface area (Å²) >= 11 is 1.78. The number of guanidine groups is 1. The number of thiophene rings is 1. The highest BCUT2D eigenvalue weighted by Gasteiger charge is 2.15. The van der Waals surface area contributed by atoms with E-state index < -0.39 is 0 Å². The third-order valence-corrected chi connectivity index (χ3v) is 4.81. The monoisotopic (exact) mass is 349 g/mol. The summed E-state index contributed by atoms with van der Waals surface area (Å²) in [6.07, 6.45) is 2.66. The molecule has 0 saturated heterocycles. The van der Waals surface area contributed by atoms with Crippen LogP contribution in [0.1, 0.15) is 23.7 Å². The number of hydrogen-bond donors (Lipinski definition) is 2. The molecule has 0 fully saturated rings. The van der Waals surface area contributed by atoms with E-state index in [1.165, 1.54) is 4.88 Å². The minimum atomic E-state index is 0.327. The molecular formula is C16H27N7S. The summed E-state index contributed by atoms with van der Waals surface area (Å²) in [4.78, 5) is 7.87. The summed E-state index contributed by atoms with van der Waals surface area (Å²) in [5.74, 6) is 1.81. The SMILES string of the molecule is CCc1nncn1CCNC(=NC)NCC(c1cccs1)N(C)C. The van der Waals surface area contributed by atoms with Crippen molar-refractivity contribution in [1.29, 1.82) is 0 Å². The van der Waals surface area contributed by atoms with Crippen LogP contribution in [0.3, 0.4) is 0 Å². The predicted molar refractivity (Wildman–Crippen MR) is 99.5 cm³/mol. The van der Waals surface area contributed by atoms with Crippen LogP contribution in [0.4, 0.5) is 0 Å². The van der Waals surface area contributed by atoms with E-state index in [0.29, 0.717) is 6.04 Å². The van der Waals surface area contributed by atoms with Gasteiger partial charge in [-0.25, -0.2) is 0 Å². The molecule has 24 heavy (non-hydrogen) atoms. The van der Waals surface area contributed by atoms with Crippen molar-refractivity contribution in [3.8, 4) is 0 Å². The van der Waals surface area contributed by atoms with E-state index in [-0.39, 0.29) is 0 Å². The summed E-state index contributed by atoms with van der Waals surface area (Å²) in [5, 5.41) is 16.9. The molecule has 2 N–H and O–H groups in total. The number of aryl methyl sites for hydroxylation is 1. The van der Waals surface area contributed by atoms with E-state index >= 15 is 0 Å². The Morgan fingerprint density at radius 1 is 1.42 bits per heavy atom. The molecule has 0 saturated carbocycles. The number of hydrogen-bond acceptors (Lipinski definition) is 5. The number of aliphatic imine (C=N–C) groups is 1. The molecule has 0 spiro atoms. The first-order valence-corrected chi connectivity index (χ1v) is 9.04. The Kier molecular flexibility index (Phi) is 7.20. The van der Waals surface area contributed by atoms with E-state index in [0.717, 1.165) is 37.8 Å². The number of likely N-dealkylation sites (N-methyl/N-ethyl adjacent to an activating group) is 1. The van der Waals surface area contributed by atoms with Crippen molar-refractivity contribution >= 4 is 17.3 Å². The van der Waals surface area contributed by atoms with Gasteiger partial charge in [0.15, 0.2) is 5.96 Å². The first kappa shape index (κ1) is 18.4. The summed E-state index contributed by atoms with van der Waals surface area (Å²) in [7, 11) is 5.99. The zero-order valence-corrected chi connectivity index (χ0v) is 15.7. The zero-order chi connectivity index (χ0) is 17.4. The van der Waals surface area contributed by atoms with Crippen molar-refractivity contribution in [2.24, 2.45) is 4.99 Å². The summed E-state index contributed by atoms with van der Waals surface area (Å²) in [6.45, 7) is 4.48. The van der Waals surface area contributed by atoms with Crippen molar-refractivity contribution in [1.82, 2.24) is 30.3 Å². The fourth-order valence-corrected chi connectivity index (χ4v) is 3.39. The van der Waals surface area contributed by atoms with E-state index in [9.17, 15) is 0 Å². The number of nitrogens with one attached hydrogen (secondary N) is 2. The predicted octanol–water partition coefficient (Wildman–Crippen LogP) is 1.37. The van der Waals surface area contributed by atoms with Gasteiger partial charge in [0.2, 0.25) is 0 Å². The fourth-order valence-electron chi connectivity index (χ4n) is 2.47. The van der Waals surface area contributed by atoms with Crippen molar-refractivity contribution in [3.05, 3.63) is 34.5 Å². The van der Waals surface area contributed by atoms with E-state index in [1.807, 2.05) is 0 Å². The Hall–Kier alpha value is -1.93. The normalized spacial score (nSPS) is 13.3. The molecule has 0 aliphatic carbocycles. The van der Waals surface area contributed by atoms with Gasteiger partial charge in [-0.3, -0.25) is 4.99 Å². The van der Waals surface area contributed by atoms with Crippen LogP contribution in [0, 0.1) is 0 Å². The van der Waals surface area contributed by atoms with Gasteiger partial charge in [0.05, 0.1) is 6.04 Å². The molecular weight excluding hydrogens is 322 g/mol. The molecule has 1 unspecified atom stereocenters. The van der Waals surface area contributed by atoms with E-state index in [2.05, 4.69) is 73.8 Å². The Morgan fingerprint density at radius 2 is 2.25 bits per heavy atom. The van der Waals surface area contributed by atoms with Gasteiger partial charge in [-0.05, 0) is 25.5 Å². The molecule has 2 aromatic heterocycles. The molecule has 2 aromatic rings. The Balaban J connectivity index is 1.81. The quantitative estimate of drug-likeness (QED) is 0.556. The second-order valence-electron chi connectivity index (χ2n) is 5.67. The van der Waals surface area contributed by atoms with Gasteiger partial charge in [-0.2, -0.15) is 0 Å². The minimum Gasteiger partial charge on any atom is -0.355 e. The largest absolute Gasteiger partial charge is 0.355 e. The van der Waals surface area contributed by atoms with Gasteiger partial charge in [-0.1, -0.05) is 13.0 Å². The Labute approximate surface area is 147 Å². The average Bonchev–Trinajstić information content (AvgIpc) is 3.24. The van der Waals surface area contributed by atoms with Crippen LogP contribution in [0.25, 0.3) is 0 Å². The van der Waals surface area contributed by atoms with Crippen molar-refractivity contribution in [3.63, 3.8) is 0 Å². The van der Waals surface area contributed by atoms with Crippen LogP contribution in [-0.4, -0.2) is 59.9 Å².